The molecule has 8 atom stereocenters. The van der Waals surface area contributed by atoms with Crippen molar-refractivity contribution in [2.45, 2.75) is 84.8 Å². The molecule has 3 aliphatic carbocycles. The van der Waals surface area contributed by atoms with Crippen LogP contribution in [0.5, 0.6) is 0 Å². The van der Waals surface area contributed by atoms with E-state index in [0.29, 0.717) is 0 Å². The van der Waals surface area contributed by atoms with Crippen molar-refractivity contribution in [3.63, 3.8) is 0 Å². The smallest absolute Gasteiger partial charge is 0.168 e. The second-order valence-corrected chi connectivity index (χ2v) is 10.5. The summed E-state index contributed by atoms with van der Waals surface area (Å²) in [5, 5.41) is 22.2. The Morgan fingerprint density at radius 1 is 1.38 bits per heavy atom. The van der Waals surface area contributed by atoms with E-state index in [1.54, 1.807) is 0 Å². The molecular formula is C25H38O4. The van der Waals surface area contributed by atoms with Crippen molar-refractivity contribution < 1.29 is 19.8 Å². The summed E-state index contributed by atoms with van der Waals surface area (Å²) in [6.07, 6.45) is 9.21. The first kappa shape index (κ1) is 22.4. The van der Waals surface area contributed by atoms with Crippen LogP contribution in [0.25, 0.3) is 0 Å². The van der Waals surface area contributed by atoms with Crippen molar-refractivity contribution in [1.29, 1.82) is 0 Å². The molecule has 0 aromatic rings. The van der Waals surface area contributed by atoms with Crippen LogP contribution in [0, 0.1) is 35.0 Å². The van der Waals surface area contributed by atoms with Crippen LogP contribution in [0.1, 0.15) is 73.1 Å². The van der Waals surface area contributed by atoms with Gasteiger partial charge in [-0.15, -0.1) is 0 Å². The molecule has 0 aromatic heterocycles. The van der Waals surface area contributed by atoms with E-state index in [1.165, 1.54) is 0 Å². The van der Waals surface area contributed by atoms with E-state index in [9.17, 15) is 19.8 Å². The van der Waals surface area contributed by atoms with E-state index in [2.05, 4.69) is 19.9 Å². The van der Waals surface area contributed by atoms with Crippen molar-refractivity contribution in [3.05, 3.63) is 23.3 Å². The molecule has 2 saturated carbocycles. The number of allylic oxidation sites excluding steroid dienone is 4. The predicted octanol–water partition coefficient (Wildman–Crippen LogP) is 4.25. The third kappa shape index (κ3) is 3.79. The highest BCUT2D eigenvalue weighted by Crippen LogP contribution is 2.60. The van der Waals surface area contributed by atoms with E-state index >= 15 is 0 Å². The van der Waals surface area contributed by atoms with Gasteiger partial charge in [-0.3, -0.25) is 9.59 Å². The second-order valence-electron chi connectivity index (χ2n) is 10.5. The molecule has 162 valence electrons. The van der Waals surface area contributed by atoms with Crippen LogP contribution in [0.2, 0.25) is 0 Å². The predicted molar refractivity (Wildman–Crippen MR) is 114 cm³/mol. The van der Waals surface area contributed by atoms with Crippen LogP contribution in [0.4, 0.5) is 0 Å². The molecule has 4 heteroatoms. The number of ketones is 1. The molecule has 0 saturated heterocycles. The van der Waals surface area contributed by atoms with Gasteiger partial charge >= 0.3 is 0 Å². The molecule has 0 aliphatic heterocycles. The minimum atomic E-state index is -0.861. The molecule has 0 heterocycles. The maximum atomic E-state index is 12.7. The van der Waals surface area contributed by atoms with E-state index in [-0.39, 0.29) is 40.8 Å². The summed E-state index contributed by atoms with van der Waals surface area (Å²) < 4.78 is 0. The number of Topliss-reactive ketones (excluding diaryl/α,β-unsaturated/α-hetero) is 1. The Morgan fingerprint density at radius 3 is 2.72 bits per heavy atom. The van der Waals surface area contributed by atoms with Gasteiger partial charge in [0.25, 0.3) is 0 Å². The Labute approximate surface area is 175 Å². The number of fused-ring (bicyclic) bond motifs is 2. The number of aliphatic hydroxyl groups is 2. The summed E-state index contributed by atoms with van der Waals surface area (Å²) in [6.45, 7) is 10.3. The Morgan fingerprint density at radius 2 is 2.07 bits per heavy atom. The Hall–Kier alpha value is -1.26. The van der Waals surface area contributed by atoms with Crippen LogP contribution in [0.3, 0.4) is 0 Å². The summed E-state index contributed by atoms with van der Waals surface area (Å²) in [5.41, 5.74) is 1.05. The van der Waals surface area contributed by atoms with Crippen molar-refractivity contribution in [2.24, 2.45) is 35.0 Å². The minimum absolute atomic E-state index is 0.0164. The van der Waals surface area contributed by atoms with Crippen molar-refractivity contribution in [2.75, 3.05) is 0 Å². The molecule has 3 aliphatic rings. The van der Waals surface area contributed by atoms with Gasteiger partial charge < -0.3 is 10.2 Å². The van der Waals surface area contributed by atoms with Crippen LogP contribution in [-0.2, 0) is 9.59 Å². The largest absolute Gasteiger partial charge is 0.389 e. The lowest BCUT2D eigenvalue weighted by Gasteiger charge is -2.45. The molecule has 0 bridgehead atoms. The third-order valence-electron chi connectivity index (χ3n) is 8.71. The lowest BCUT2D eigenvalue weighted by atomic mass is 9.62. The number of rotatable bonds is 5. The summed E-state index contributed by atoms with van der Waals surface area (Å²) in [5.74, 6) is 0.225. The van der Waals surface area contributed by atoms with Crippen LogP contribution < -0.4 is 0 Å². The maximum absolute atomic E-state index is 12.7. The monoisotopic (exact) mass is 402 g/mol. The van der Waals surface area contributed by atoms with E-state index in [1.807, 2.05) is 26.8 Å². The molecule has 4 nitrogen and oxygen atoms in total. The SMILES string of the molecule is CC(C=O)=CCCC(C)C1(O)CCC2(C)CC3C(C(=O)C(O)C3C)C(C)=CCC21. The van der Waals surface area contributed by atoms with Gasteiger partial charge in [0, 0.05) is 5.92 Å². The highest BCUT2D eigenvalue weighted by molar-refractivity contribution is 5.90. The average Bonchev–Trinajstić information content (AvgIpc) is 3.04. The molecule has 2 fully saturated rings. The summed E-state index contributed by atoms with van der Waals surface area (Å²) in [4.78, 5) is 23.5. The van der Waals surface area contributed by atoms with Gasteiger partial charge in [-0.2, -0.15) is 0 Å². The molecule has 0 radical (unpaired) electrons. The zero-order valence-electron chi connectivity index (χ0n) is 18.6. The average molecular weight is 403 g/mol. The van der Waals surface area contributed by atoms with E-state index in [0.717, 1.165) is 56.0 Å². The Bertz CT molecular complexity index is 722. The lowest BCUT2D eigenvalue weighted by molar-refractivity contribution is -0.127. The summed E-state index contributed by atoms with van der Waals surface area (Å²) in [7, 11) is 0. The first-order valence-electron chi connectivity index (χ1n) is 11.3. The molecule has 0 aromatic carbocycles. The quantitative estimate of drug-likeness (QED) is 0.410. The van der Waals surface area contributed by atoms with Gasteiger partial charge in [0.1, 0.15) is 12.4 Å². The van der Waals surface area contributed by atoms with Gasteiger partial charge in [0.2, 0.25) is 0 Å². The van der Waals surface area contributed by atoms with E-state index in [4.69, 9.17) is 0 Å². The number of aliphatic hydroxyl groups excluding tert-OH is 1. The Kier molecular flexibility index (Phi) is 6.27. The van der Waals surface area contributed by atoms with Crippen molar-refractivity contribution in [1.82, 2.24) is 0 Å². The molecule has 0 amide bonds. The minimum Gasteiger partial charge on any atom is -0.389 e. The summed E-state index contributed by atoms with van der Waals surface area (Å²) in [6, 6.07) is 0. The summed E-state index contributed by atoms with van der Waals surface area (Å²) >= 11 is 0. The van der Waals surface area contributed by atoms with Gasteiger partial charge in [-0.1, -0.05) is 38.5 Å². The highest BCUT2D eigenvalue weighted by atomic mass is 16.3. The number of aldehydes is 1. The second kappa shape index (κ2) is 8.11. The third-order valence-corrected chi connectivity index (χ3v) is 8.71. The molecule has 3 rings (SSSR count). The number of hydrogen-bond donors (Lipinski definition) is 2. The molecular weight excluding hydrogens is 364 g/mol. The van der Waals surface area contributed by atoms with Crippen molar-refractivity contribution in [3.8, 4) is 0 Å². The zero-order chi connectivity index (χ0) is 21.6. The van der Waals surface area contributed by atoms with Gasteiger partial charge in [0.05, 0.1) is 5.60 Å². The van der Waals surface area contributed by atoms with Crippen molar-refractivity contribution >= 4 is 12.1 Å². The van der Waals surface area contributed by atoms with Gasteiger partial charge in [-0.05, 0) is 87.0 Å². The highest BCUT2D eigenvalue weighted by Gasteiger charge is 2.59. The molecule has 8 unspecified atom stereocenters. The fraction of sp³-hybridized carbons (Fsp3) is 0.760. The van der Waals surface area contributed by atoms with Crippen LogP contribution in [0.15, 0.2) is 23.3 Å². The zero-order valence-corrected chi connectivity index (χ0v) is 18.6. The first-order valence-corrected chi connectivity index (χ1v) is 11.3. The lowest BCUT2D eigenvalue weighted by Crippen LogP contribution is -2.45. The number of carbonyl (C=O) groups excluding carboxylic acids is 2. The fourth-order valence-corrected chi connectivity index (χ4v) is 6.65. The Balaban J connectivity index is 1.86. The number of hydrogen-bond acceptors (Lipinski definition) is 4. The first-order chi connectivity index (χ1) is 13.5. The van der Waals surface area contributed by atoms with Crippen LogP contribution >= 0.6 is 0 Å². The van der Waals surface area contributed by atoms with Crippen LogP contribution in [-0.4, -0.2) is 34.0 Å². The topological polar surface area (TPSA) is 74.6 Å². The normalized spacial score (nSPS) is 43.8. The number of carbonyl (C=O) groups is 2. The van der Waals surface area contributed by atoms with Gasteiger partial charge in [0.15, 0.2) is 5.78 Å². The molecule has 0 spiro atoms. The standard InChI is InChI=1S/C25H38O4/c1-15(14-26)7-6-8-17(3)25(29)12-11-24(5)13-19-18(4)22(27)23(28)21(19)16(2)9-10-20(24)25/h7,9,14,17-22,27,29H,6,8,10-13H2,1-5H3. The fourth-order valence-electron chi connectivity index (χ4n) is 6.65. The van der Waals surface area contributed by atoms with E-state index < -0.39 is 11.7 Å². The molecule has 29 heavy (non-hydrogen) atoms. The maximum Gasteiger partial charge on any atom is 0.168 e. The molecule has 2 N–H and O–H groups in total. The van der Waals surface area contributed by atoms with Gasteiger partial charge in [-0.25, -0.2) is 0 Å².